The number of benzene rings is 2. The topological polar surface area (TPSA) is 59.6 Å². The van der Waals surface area contributed by atoms with E-state index >= 15 is 0 Å². The van der Waals surface area contributed by atoms with E-state index in [2.05, 4.69) is 15.4 Å². The molecule has 1 aliphatic rings. The molecule has 1 unspecified atom stereocenters. The summed E-state index contributed by atoms with van der Waals surface area (Å²) >= 11 is 0. The zero-order valence-electron chi connectivity index (χ0n) is 16.5. The average Bonchev–Trinajstić information content (AvgIpc) is 3.15. The number of alkyl halides is 3. The minimum atomic E-state index is -4.72. The van der Waals surface area contributed by atoms with E-state index in [4.69, 9.17) is 4.74 Å². The van der Waals surface area contributed by atoms with Gasteiger partial charge >= 0.3 is 6.36 Å². The van der Waals surface area contributed by atoms with E-state index in [1.165, 1.54) is 24.3 Å². The van der Waals surface area contributed by atoms with E-state index in [-0.39, 0.29) is 18.2 Å². The fourth-order valence-corrected chi connectivity index (χ4v) is 3.48. The Hall–Kier alpha value is -2.74. The first-order valence-corrected chi connectivity index (χ1v) is 9.94. The Morgan fingerprint density at radius 3 is 2.43 bits per heavy atom. The van der Waals surface area contributed by atoms with Gasteiger partial charge in [-0.05, 0) is 49.2 Å². The highest BCUT2D eigenvalue weighted by atomic mass is 19.4. The Morgan fingerprint density at radius 1 is 1.07 bits per heavy atom. The lowest BCUT2D eigenvalue weighted by Gasteiger charge is -2.30. The largest absolute Gasteiger partial charge is 0.573 e. The molecule has 1 atom stereocenters. The molecule has 8 heteroatoms. The van der Waals surface area contributed by atoms with Gasteiger partial charge in [0.25, 0.3) is 0 Å². The second-order valence-electron chi connectivity index (χ2n) is 7.26. The zero-order valence-corrected chi connectivity index (χ0v) is 16.5. The summed E-state index contributed by atoms with van der Waals surface area (Å²) in [4.78, 5) is 12.2. The second-order valence-corrected chi connectivity index (χ2v) is 7.26. The van der Waals surface area contributed by atoms with Crippen LogP contribution in [-0.4, -0.2) is 24.5 Å². The smallest absolute Gasteiger partial charge is 0.473 e. The summed E-state index contributed by atoms with van der Waals surface area (Å²) in [5.41, 5.74) is 0.245. The molecular formula is C22H25F3N2O3. The number of halogens is 3. The standard InChI is InChI=1S/C22H25F3N2O3/c23-22(24,25)30-19-11-9-17(10-12-19)16-26-20(28)8-4-13-21(14-5-15-27-21)29-18-6-2-1-3-7-18/h1-3,6-7,9-12,27H,4-5,8,13-16H2,(H,26,28). The molecule has 1 heterocycles. The van der Waals surface area contributed by atoms with Crippen LogP contribution in [0.15, 0.2) is 54.6 Å². The van der Waals surface area contributed by atoms with Gasteiger partial charge in [0, 0.05) is 25.8 Å². The Kier molecular flexibility index (Phi) is 7.20. The molecule has 5 nitrogen and oxygen atoms in total. The fourth-order valence-electron chi connectivity index (χ4n) is 3.48. The van der Waals surface area contributed by atoms with Crippen molar-refractivity contribution in [1.82, 2.24) is 10.6 Å². The van der Waals surface area contributed by atoms with Crippen molar-refractivity contribution >= 4 is 5.91 Å². The van der Waals surface area contributed by atoms with Gasteiger partial charge in [0.05, 0.1) is 0 Å². The maximum absolute atomic E-state index is 12.2. The Balaban J connectivity index is 1.42. The lowest BCUT2D eigenvalue weighted by atomic mass is 10.0. The highest BCUT2D eigenvalue weighted by Crippen LogP contribution is 2.29. The van der Waals surface area contributed by atoms with Crippen molar-refractivity contribution in [2.45, 2.75) is 50.7 Å². The summed E-state index contributed by atoms with van der Waals surface area (Å²) in [5, 5.41) is 6.22. The Bertz CT molecular complexity index is 805. The first kappa shape index (κ1) is 22.0. The van der Waals surface area contributed by atoms with Crippen LogP contribution in [0.3, 0.4) is 0 Å². The van der Waals surface area contributed by atoms with Gasteiger partial charge in [0.1, 0.15) is 11.5 Å². The van der Waals surface area contributed by atoms with E-state index in [1.54, 1.807) is 0 Å². The molecular weight excluding hydrogens is 397 g/mol. The monoisotopic (exact) mass is 422 g/mol. The van der Waals surface area contributed by atoms with Crippen molar-refractivity contribution in [1.29, 1.82) is 0 Å². The summed E-state index contributed by atoms with van der Waals surface area (Å²) in [7, 11) is 0. The number of rotatable bonds is 9. The molecule has 0 bridgehead atoms. The van der Waals surface area contributed by atoms with Crippen LogP contribution < -0.4 is 20.1 Å². The molecule has 0 spiro atoms. The molecule has 1 fully saturated rings. The van der Waals surface area contributed by atoms with E-state index in [1.807, 2.05) is 30.3 Å². The number of ether oxygens (including phenoxy) is 2. The third-order valence-corrected chi connectivity index (χ3v) is 4.89. The fraction of sp³-hybridized carbons (Fsp3) is 0.409. The first-order valence-electron chi connectivity index (χ1n) is 9.94. The predicted molar refractivity (Wildman–Crippen MR) is 106 cm³/mol. The van der Waals surface area contributed by atoms with Crippen LogP contribution in [-0.2, 0) is 11.3 Å². The van der Waals surface area contributed by atoms with Crippen molar-refractivity contribution in [2.24, 2.45) is 0 Å². The van der Waals surface area contributed by atoms with Gasteiger partial charge in [-0.3, -0.25) is 10.1 Å². The molecule has 3 rings (SSSR count). The van der Waals surface area contributed by atoms with Gasteiger partial charge in [0.15, 0.2) is 5.72 Å². The lowest BCUT2D eigenvalue weighted by molar-refractivity contribution is -0.274. The maximum atomic E-state index is 12.2. The van der Waals surface area contributed by atoms with Crippen LogP contribution in [0.1, 0.15) is 37.7 Å². The lowest BCUT2D eigenvalue weighted by Crippen LogP contribution is -2.45. The third kappa shape index (κ3) is 6.95. The molecule has 30 heavy (non-hydrogen) atoms. The van der Waals surface area contributed by atoms with Gasteiger partial charge in [-0.25, -0.2) is 0 Å². The third-order valence-electron chi connectivity index (χ3n) is 4.89. The average molecular weight is 422 g/mol. The van der Waals surface area contributed by atoms with Gasteiger partial charge in [-0.15, -0.1) is 13.2 Å². The van der Waals surface area contributed by atoms with E-state index in [0.29, 0.717) is 24.8 Å². The molecule has 1 aliphatic heterocycles. The Morgan fingerprint density at radius 2 is 1.80 bits per heavy atom. The number of carbonyl (C=O) groups is 1. The van der Waals surface area contributed by atoms with Crippen LogP contribution in [0.25, 0.3) is 0 Å². The zero-order chi connectivity index (χ0) is 21.5. The summed E-state index contributed by atoms with van der Waals surface area (Å²) in [5.74, 6) is 0.401. The predicted octanol–water partition coefficient (Wildman–Crippen LogP) is 4.53. The van der Waals surface area contributed by atoms with E-state index in [0.717, 1.165) is 25.1 Å². The molecule has 0 aromatic heterocycles. The van der Waals surface area contributed by atoms with Gasteiger partial charge in [-0.2, -0.15) is 0 Å². The highest BCUT2D eigenvalue weighted by molar-refractivity contribution is 5.75. The summed E-state index contributed by atoms with van der Waals surface area (Å²) in [6.07, 6.45) is -1.10. The van der Waals surface area contributed by atoms with Crippen LogP contribution in [0.5, 0.6) is 11.5 Å². The number of para-hydroxylation sites is 1. The van der Waals surface area contributed by atoms with Gasteiger partial charge < -0.3 is 14.8 Å². The molecule has 2 aromatic rings. The molecule has 162 valence electrons. The molecule has 0 saturated carbocycles. The second kappa shape index (κ2) is 9.84. The number of hydrogen-bond acceptors (Lipinski definition) is 4. The molecule has 2 N–H and O–H groups in total. The van der Waals surface area contributed by atoms with Crippen LogP contribution in [0, 0.1) is 0 Å². The molecule has 1 amide bonds. The molecule has 1 saturated heterocycles. The first-order chi connectivity index (χ1) is 14.3. The van der Waals surface area contributed by atoms with Gasteiger partial charge in [0.2, 0.25) is 5.91 Å². The van der Waals surface area contributed by atoms with Crippen LogP contribution in [0.4, 0.5) is 13.2 Å². The van der Waals surface area contributed by atoms with E-state index in [9.17, 15) is 18.0 Å². The Labute approximate surface area is 173 Å². The van der Waals surface area contributed by atoms with E-state index < -0.39 is 12.1 Å². The number of amides is 1. The maximum Gasteiger partial charge on any atom is 0.573 e. The highest BCUT2D eigenvalue weighted by Gasteiger charge is 2.35. The number of nitrogens with one attached hydrogen (secondary N) is 2. The summed E-state index contributed by atoms with van der Waals surface area (Å²) in [6.45, 7) is 1.13. The molecule has 0 radical (unpaired) electrons. The van der Waals surface area contributed by atoms with Gasteiger partial charge in [-0.1, -0.05) is 30.3 Å². The quantitative estimate of drug-likeness (QED) is 0.623. The van der Waals surface area contributed by atoms with Crippen molar-refractivity contribution in [3.8, 4) is 11.5 Å². The minimum Gasteiger partial charge on any atom is -0.473 e. The van der Waals surface area contributed by atoms with Crippen molar-refractivity contribution in [3.63, 3.8) is 0 Å². The number of carbonyl (C=O) groups excluding carboxylic acids is 1. The number of hydrogen-bond donors (Lipinski definition) is 2. The normalized spacial score (nSPS) is 18.8. The van der Waals surface area contributed by atoms with Crippen LogP contribution in [0.2, 0.25) is 0 Å². The molecule has 0 aliphatic carbocycles. The summed E-state index contributed by atoms with van der Waals surface area (Å²) in [6, 6.07) is 15.1. The van der Waals surface area contributed by atoms with Crippen molar-refractivity contribution in [2.75, 3.05) is 6.54 Å². The van der Waals surface area contributed by atoms with Crippen molar-refractivity contribution in [3.05, 3.63) is 60.2 Å². The molecule has 2 aromatic carbocycles. The van der Waals surface area contributed by atoms with Crippen LogP contribution >= 0.6 is 0 Å². The van der Waals surface area contributed by atoms with Crippen molar-refractivity contribution < 1.29 is 27.4 Å². The SMILES string of the molecule is O=C(CCCC1(Oc2ccccc2)CCCN1)NCc1ccc(OC(F)(F)F)cc1. The minimum absolute atomic E-state index is 0.113. The summed E-state index contributed by atoms with van der Waals surface area (Å²) < 4.78 is 46.6.